The van der Waals surface area contributed by atoms with Gasteiger partial charge < -0.3 is 19.7 Å². The number of hydrogen-bond acceptors (Lipinski definition) is 4. The molecule has 1 N–H and O–H groups in total. The molecule has 1 rings (SSSR count). The first-order valence-electron chi connectivity index (χ1n) is 7.37. The molecule has 0 bridgehead atoms. The van der Waals surface area contributed by atoms with E-state index in [-0.39, 0.29) is 63.7 Å². The number of carbonyl (C=O) groups excluding carboxylic acids is 2. The zero-order valence-electron chi connectivity index (χ0n) is 14.8. The molecule has 0 aromatic heterocycles. The fourth-order valence-corrected chi connectivity index (χ4v) is 2.22. The van der Waals surface area contributed by atoms with Crippen molar-refractivity contribution in [1.29, 1.82) is 0 Å². The van der Waals surface area contributed by atoms with Gasteiger partial charge in [0, 0.05) is 13.5 Å². The topological polar surface area (TPSA) is 58.6 Å². The quantitative estimate of drug-likeness (QED) is 0.270. The molecule has 0 unspecified atom stereocenters. The van der Waals surface area contributed by atoms with Crippen LogP contribution in [0.3, 0.4) is 0 Å². The van der Waals surface area contributed by atoms with E-state index in [2.05, 4.69) is 18.1 Å². The molecular formula is C18H22KN2O3-. The first-order chi connectivity index (χ1) is 11.1. The van der Waals surface area contributed by atoms with E-state index >= 15 is 0 Å². The summed E-state index contributed by atoms with van der Waals surface area (Å²) in [6, 6.07) is 5.63. The predicted molar refractivity (Wildman–Crippen MR) is 90.3 cm³/mol. The summed E-state index contributed by atoms with van der Waals surface area (Å²) in [6.07, 6.45) is 6.95. The molecule has 5 nitrogen and oxygen atoms in total. The van der Waals surface area contributed by atoms with E-state index in [1.54, 1.807) is 19.1 Å². The number of allylic oxidation sites excluding steroid dienone is 1. The minimum Gasteiger partial charge on any atom is -0.512 e. The van der Waals surface area contributed by atoms with Crippen LogP contribution in [0.4, 0.5) is 0 Å². The van der Waals surface area contributed by atoms with Crippen LogP contribution in [-0.4, -0.2) is 37.8 Å². The van der Waals surface area contributed by atoms with Crippen LogP contribution < -0.4 is 61.4 Å². The van der Waals surface area contributed by atoms with Crippen LogP contribution in [0, 0.1) is 6.20 Å². The van der Waals surface area contributed by atoms with E-state index in [0.717, 1.165) is 23.3 Å². The Hall–Kier alpha value is -0.924. The smallest absolute Gasteiger partial charge is 0.512 e. The van der Waals surface area contributed by atoms with Crippen molar-refractivity contribution in [3.8, 4) is 5.75 Å². The summed E-state index contributed by atoms with van der Waals surface area (Å²) in [5.41, 5.74) is 2.49. The van der Waals surface area contributed by atoms with Gasteiger partial charge in [-0.1, -0.05) is 24.1 Å². The number of carbonyl (C=O) groups is 1. The van der Waals surface area contributed by atoms with Crippen LogP contribution >= 0.6 is 0 Å². The number of amides is 1. The summed E-state index contributed by atoms with van der Waals surface area (Å²) in [4.78, 5) is 24.1. The van der Waals surface area contributed by atoms with E-state index < -0.39 is 0 Å². The molecular weight excluding hydrogens is 331 g/mol. The van der Waals surface area contributed by atoms with Crippen molar-refractivity contribution in [1.82, 2.24) is 10.2 Å². The molecule has 0 spiro atoms. The second-order valence-electron chi connectivity index (χ2n) is 4.76. The minimum atomic E-state index is -0.0925. The van der Waals surface area contributed by atoms with Crippen LogP contribution in [0.5, 0.6) is 5.75 Å². The van der Waals surface area contributed by atoms with E-state index in [9.17, 15) is 9.59 Å². The average Bonchev–Trinajstić information content (AvgIpc) is 2.60. The number of benzene rings is 1. The fourth-order valence-electron chi connectivity index (χ4n) is 2.22. The SMILES string of the molecule is C=[C-]N(CCC(=O)NC)/C(=C\[C-]=O)c1ccc(OC)cc1CC.[K+]. The van der Waals surface area contributed by atoms with Gasteiger partial charge in [0.15, 0.2) is 0 Å². The minimum absolute atomic E-state index is 0. The Morgan fingerprint density at radius 1 is 1.46 bits per heavy atom. The molecule has 0 atom stereocenters. The Morgan fingerprint density at radius 2 is 2.17 bits per heavy atom. The van der Waals surface area contributed by atoms with E-state index in [1.165, 1.54) is 6.08 Å². The molecule has 124 valence electrons. The fraction of sp³-hybridized carbons (Fsp3) is 0.333. The molecule has 1 aromatic rings. The molecule has 0 aliphatic carbocycles. The molecule has 6 heteroatoms. The van der Waals surface area contributed by atoms with Crippen molar-refractivity contribution >= 4 is 17.9 Å². The molecule has 1 aromatic carbocycles. The summed E-state index contributed by atoms with van der Waals surface area (Å²) in [6.45, 7) is 6.04. The monoisotopic (exact) mass is 353 g/mol. The van der Waals surface area contributed by atoms with Crippen molar-refractivity contribution in [3.63, 3.8) is 0 Å². The Morgan fingerprint density at radius 3 is 2.67 bits per heavy atom. The number of rotatable bonds is 9. The van der Waals surface area contributed by atoms with Gasteiger partial charge in [-0.05, 0) is 31.4 Å². The molecule has 0 saturated heterocycles. The van der Waals surface area contributed by atoms with Gasteiger partial charge in [0.05, 0.1) is 7.11 Å². The Kier molecular flexibility index (Phi) is 12.0. The molecule has 1 amide bonds. The summed E-state index contributed by atoms with van der Waals surface area (Å²) < 4.78 is 5.24. The maximum atomic E-state index is 11.5. The number of aryl methyl sites for hydroxylation is 1. The number of nitrogens with one attached hydrogen (secondary N) is 1. The van der Waals surface area contributed by atoms with Gasteiger partial charge in [-0.3, -0.25) is 4.79 Å². The number of nitrogens with zero attached hydrogens (tertiary/aromatic N) is 1. The number of methoxy groups -OCH3 is 1. The van der Waals surface area contributed by atoms with Gasteiger partial charge in [-0.25, -0.2) is 0 Å². The van der Waals surface area contributed by atoms with Crippen molar-refractivity contribution in [2.45, 2.75) is 19.8 Å². The summed E-state index contributed by atoms with van der Waals surface area (Å²) in [5.74, 6) is 0.657. The molecule has 0 heterocycles. The third kappa shape index (κ3) is 6.53. The molecule has 0 saturated carbocycles. The summed E-state index contributed by atoms with van der Waals surface area (Å²) in [7, 11) is 3.19. The van der Waals surface area contributed by atoms with Gasteiger partial charge in [-0.2, -0.15) is 18.9 Å². The maximum Gasteiger partial charge on any atom is 1.00 e. The second kappa shape index (κ2) is 12.4. The largest absolute Gasteiger partial charge is 1.00 e. The summed E-state index contributed by atoms with van der Waals surface area (Å²) in [5, 5.41) is 2.57. The van der Waals surface area contributed by atoms with Crippen molar-refractivity contribution in [2.24, 2.45) is 0 Å². The first-order valence-corrected chi connectivity index (χ1v) is 7.37. The predicted octanol–water partition coefficient (Wildman–Crippen LogP) is -0.903. The molecule has 0 aliphatic rings. The van der Waals surface area contributed by atoms with E-state index in [4.69, 9.17) is 4.74 Å². The second-order valence-corrected chi connectivity index (χ2v) is 4.76. The molecule has 0 aliphatic heterocycles. The van der Waals surface area contributed by atoms with Crippen LogP contribution in [0.1, 0.15) is 24.5 Å². The van der Waals surface area contributed by atoms with Gasteiger partial charge >= 0.3 is 51.4 Å². The zero-order chi connectivity index (χ0) is 17.2. The number of ether oxygens (including phenoxy) is 1. The molecule has 0 fully saturated rings. The first kappa shape index (κ1) is 23.1. The van der Waals surface area contributed by atoms with Gasteiger partial charge in [0.1, 0.15) is 5.75 Å². The Bertz CT molecular complexity index is 600. The van der Waals surface area contributed by atoms with Gasteiger partial charge in [-0.15, -0.1) is 5.70 Å². The normalized spacial score (nSPS) is 10.4. The van der Waals surface area contributed by atoms with Crippen molar-refractivity contribution < 1.29 is 65.7 Å². The Balaban J connectivity index is 0.00000529. The zero-order valence-corrected chi connectivity index (χ0v) is 17.9. The van der Waals surface area contributed by atoms with Gasteiger partial charge in [0.2, 0.25) is 5.91 Å². The van der Waals surface area contributed by atoms with Crippen LogP contribution in [0.2, 0.25) is 0 Å². The van der Waals surface area contributed by atoms with Crippen molar-refractivity contribution in [2.75, 3.05) is 20.7 Å². The van der Waals surface area contributed by atoms with Crippen LogP contribution in [0.15, 0.2) is 30.9 Å². The van der Waals surface area contributed by atoms with E-state index in [1.807, 2.05) is 31.4 Å². The Labute approximate surface area is 186 Å². The standard InChI is InChI=1S/C18H22N2O3.K/c1-5-14-13-15(23-4)7-8-16(14)17(10-12-21)20(6-2)11-9-18(22)19-3;/h7-8,10,13H,2,5,9,11H2,1,3-4H3,(H,19,22);/q-2;+1/b17-10-;. The van der Waals surface area contributed by atoms with Gasteiger partial charge in [0.25, 0.3) is 0 Å². The third-order valence-corrected chi connectivity index (χ3v) is 3.49. The van der Waals surface area contributed by atoms with Crippen LogP contribution in [-0.2, 0) is 16.0 Å². The summed E-state index contributed by atoms with van der Waals surface area (Å²) >= 11 is 0. The van der Waals surface area contributed by atoms with Crippen LogP contribution in [0.25, 0.3) is 5.70 Å². The molecule has 24 heavy (non-hydrogen) atoms. The number of hydrogen-bond donors (Lipinski definition) is 1. The maximum absolute atomic E-state index is 11.5. The average molecular weight is 353 g/mol. The third-order valence-electron chi connectivity index (χ3n) is 3.49. The van der Waals surface area contributed by atoms with Crippen molar-refractivity contribution in [3.05, 3.63) is 48.2 Å². The molecule has 0 radical (unpaired) electrons. The van der Waals surface area contributed by atoms with E-state index in [0.29, 0.717) is 12.2 Å².